The van der Waals surface area contributed by atoms with Crippen LogP contribution in [0.4, 0.5) is 0 Å². The van der Waals surface area contributed by atoms with E-state index >= 15 is 0 Å². The lowest BCUT2D eigenvalue weighted by Gasteiger charge is -2.34. The van der Waals surface area contributed by atoms with Crippen molar-refractivity contribution >= 4 is 33.6 Å². The molecule has 1 heterocycles. The summed E-state index contributed by atoms with van der Waals surface area (Å²) in [7, 11) is 0. The van der Waals surface area contributed by atoms with Crippen molar-refractivity contribution in [3.8, 4) is 0 Å². The van der Waals surface area contributed by atoms with Crippen LogP contribution in [-0.4, -0.2) is 65.8 Å². The second-order valence-corrected chi connectivity index (χ2v) is 5.43. The van der Waals surface area contributed by atoms with Gasteiger partial charge in [-0.05, 0) is 6.26 Å². The molecule has 15 heavy (non-hydrogen) atoms. The van der Waals surface area contributed by atoms with Gasteiger partial charge in [-0.15, -0.1) is 0 Å². The molecule has 0 aromatic heterocycles. The molecule has 1 amide bonds. The van der Waals surface area contributed by atoms with Gasteiger partial charge in [0.25, 0.3) is 0 Å². The Kier molecular flexibility index (Phi) is 6.68. The molecule has 0 atom stereocenters. The monoisotopic (exact) mass is 294 g/mol. The van der Waals surface area contributed by atoms with Gasteiger partial charge < -0.3 is 4.90 Å². The van der Waals surface area contributed by atoms with Crippen molar-refractivity contribution in [3.63, 3.8) is 0 Å². The van der Waals surface area contributed by atoms with E-state index in [0.29, 0.717) is 12.3 Å². The fraction of sp³-hybridized carbons (Fsp3) is 0.900. The van der Waals surface area contributed by atoms with E-state index in [2.05, 4.69) is 20.8 Å². The maximum Gasteiger partial charge on any atom is 0.223 e. The predicted octanol–water partition coefficient (Wildman–Crippen LogP) is 1.28. The van der Waals surface area contributed by atoms with Crippen LogP contribution in [0, 0.1) is 0 Å². The largest absolute Gasteiger partial charge is 0.340 e. The molecule has 1 aliphatic rings. The van der Waals surface area contributed by atoms with Crippen molar-refractivity contribution in [2.45, 2.75) is 6.42 Å². The molecule has 1 rings (SSSR count). The third kappa shape index (κ3) is 4.74. The summed E-state index contributed by atoms with van der Waals surface area (Å²) in [6.07, 6.45) is 2.74. The van der Waals surface area contributed by atoms with E-state index in [4.69, 9.17) is 0 Å². The topological polar surface area (TPSA) is 23.6 Å². The molecular weight excluding hydrogens is 276 g/mol. The van der Waals surface area contributed by atoms with Crippen LogP contribution in [-0.2, 0) is 4.79 Å². The van der Waals surface area contributed by atoms with Crippen molar-refractivity contribution in [3.05, 3.63) is 0 Å². The Bertz CT molecular complexity index is 196. The second kappa shape index (κ2) is 7.52. The maximum absolute atomic E-state index is 11.7. The van der Waals surface area contributed by atoms with Gasteiger partial charge in [0, 0.05) is 50.2 Å². The smallest absolute Gasteiger partial charge is 0.223 e. The first-order valence-corrected chi connectivity index (χ1v) is 7.84. The summed E-state index contributed by atoms with van der Waals surface area (Å²) in [6, 6.07) is 0. The third-order valence-electron chi connectivity index (χ3n) is 2.65. The molecule has 3 nitrogen and oxygen atoms in total. The van der Waals surface area contributed by atoms with Crippen LogP contribution in [0.25, 0.3) is 0 Å². The molecular formula is C10H19BrN2OS. The molecule has 0 radical (unpaired) electrons. The zero-order valence-electron chi connectivity index (χ0n) is 9.25. The van der Waals surface area contributed by atoms with Crippen molar-refractivity contribution < 1.29 is 4.79 Å². The number of thioether (sulfide) groups is 1. The van der Waals surface area contributed by atoms with Gasteiger partial charge in [-0.2, -0.15) is 11.8 Å². The van der Waals surface area contributed by atoms with Crippen molar-refractivity contribution in [2.24, 2.45) is 0 Å². The van der Waals surface area contributed by atoms with E-state index in [1.54, 1.807) is 11.8 Å². The molecule has 0 aliphatic carbocycles. The highest BCUT2D eigenvalue weighted by Crippen LogP contribution is 2.06. The van der Waals surface area contributed by atoms with E-state index in [0.717, 1.165) is 43.8 Å². The van der Waals surface area contributed by atoms with Crippen LogP contribution in [0.2, 0.25) is 0 Å². The third-order valence-corrected chi connectivity index (χ3v) is 3.61. The van der Waals surface area contributed by atoms with Crippen LogP contribution >= 0.6 is 27.7 Å². The number of carbonyl (C=O) groups excluding carboxylic acids is 1. The second-order valence-electron chi connectivity index (χ2n) is 3.65. The number of hydrogen-bond donors (Lipinski definition) is 0. The molecule has 1 saturated heterocycles. The summed E-state index contributed by atoms with van der Waals surface area (Å²) in [5.74, 6) is 1.27. The number of carbonyl (C=O) groups is 1. The lowest BCUT2D eigenvalue weighted by Crippen LogP contribution is -2.49. The molecule has 0 bridgehead atoms. The summed E-state index contributed by atoms with van der Waals surface area (Å²) in [5, 5.41) is 1.02. The fourth-order valence-electron chi connectivity index (χ4n) is 1.69. The Morgan fingerprint density at radius 2 is 2.00 bits per heavy atom. The summed E-state index contributed by atoms with van der Waals surface area (Å²) < 4.78 is 0. The molecule has 0 saturated carbocycles. The number of rotatable bonds is 5. The molecule has 0 unspecified atom stereocenters. The molecule has 0 aromatic rings. The van der Waals surface area contributed by atoms with E-state index in [1.807, 2.05) is 11.2 Å². The van der Waals surface area contributed by atoms with Gasteiger partial charge in [-0.25, -0.2) is 0 Å². The highest BCUT2D eigenvalue weighted by atomic mass is 79.9. The highest BCUT2D eigenvalue weighted by Gasteiger charge is 2.19. The summed E-state index contributed by atoms with van der Waals surface area (Å²) in [6.45, 7) is 4.94. The normalized spacial score (nSPS) is 18.1. The van der Waals surface area contributed by atoms with E-state index in [1.165, 1.54) is 0 Å². The first kappa shape index (κ1) is 13.3. The molecule has 0 N–H and O–H groups in total. The lowest BCUT2D eigenvalue weighted by atomic mass is 10.3. The van der Waals surface area contributed by atoms with Gasteiger partial charge in [0.2, 0.25) is 5.91 Å². The van der Waals surface area contributed by atoms with Gasteiger partial charge in [0.05, 0.1) is 0 Å². The van der Waals surface area contributed by atoms with Gasteiger partial charge >= 0.3 is 0 Å². The SMILES string of the molecule is CSCCC(=O)N1CCN(CCBr)CC1. The van der Waals surface area contributed by atoms with Crippen LogP contribution in [0.15, 0.2) is 0 Å². The Balaban J connectivity index is 2.21. The predicted molar refractivity (Wildman–Crippen MR) is 69.8 cm³/mol. The van der Waals surface area contributed by atoms with Gasteiger partial charge in [-0.3, -0.25) is 9.69 Å². The minimum atomic E-state index is 0.322. The van der Waals surface area contributed by atoms with Crippen LogP contribution in [0.1, 0.15) is 6.42 Å². The molecule has 88 valence electrons. The lowest BCUT2D eigenvalue weighted by molar-refractivity contribution is -0.132. The summed E-state index contributed by atoms with van der Waals surface area (Å²) >= 11 is 5.18. The van der Waals surface area contributed by atoms with Crippen LogP contribution in [0.5, 0.6) is 0 Å². The number of nitrogens with zero attached hydrogens (tertiary/aromatic N) is 2. The standard InChI is InChI=1S/C10H19BrN2OS/c1-15-9-2-10(14)13-7-5-12(4-3-11)6-8-13/h2-9H2,1H3. The van der Waals surface area contributed by atoms with E-state index < -0.39 is 0 Å². The molecule has 0 aromatic carbocycles. The van der Waals surface area contributed by atoms with Crippen molar-refractivity contribution in [1.29, 1.82) is 0 Å². The summed E-state index contributed by atoms with van der Waals surface area (Å²) in [4.78, 5) is 16.1. The molecule has 5 heteroatoms. The van der Waals surface area contributed by atoms with Gasteiger partial charge in [0.1, 0.15) is 0 Å². The minimum absolute atomic E-state index is 0.322. The zero-order valence-corrected chi connectivity index (χ0v) is 11.6. The Hall–Kier alpha value is 0.260. The fourth-order valence-corrected chi connectivity index (χ4v) is 2.57. The van der Waals surface area contributed by atoms with Gasteiger partial charge in [-0.1, -0.05) is 15.9 Å². The van der Waals surface area contributed by atoms with Crippen LogP contribution in [0.3, 0.4) is 0 Å². The number of amides is 1. The van der Waals surface area contributed by atoms with Crippen molar-refractivity contribution in [1.82, 2.24) is 9.80 Å². The van der Waals surface area contributed by atoms with Gasteiger partial charge in [0.15, 0.2) is 0 Å². The average molecular weight is 295 g/mol. The minimum Gasteiger partial charge on any atom is -0.340 e. The maximum atomic E-state index is 11.7. The Labute approximate surface area is 105 Å². The molecule has 1 aliphatic heterocycles. The van der Waals surface area contributed by atoms with E-state index in [-0.39, 0.29) is 0 Å². The van der Waals surface area contributed by atoms with E-state index in [9.17, 15) is 4.79 Å². The molecule has 1 fully saturated rings. The first-order valence-electron chi connectivity index (χ1n) is 5.33. The number of piperazine rings is 1. The first-order chi connectivity index (χ1) is 7.27. The number of halogens is 1. The number of hydrogen-bond acceptors (Lipinski definition) is 3. The highest BCUT2D eigenvalue weighted by molar-refractivity contribution is 9.09. The molecule has 0 spiro atoms. The van der Waals surface area contributed by atoms with Crippen LogP contribution < -0.4 is 0 Å². The zero-order chi connectivity index (χ0) is 11.1. The van der Waals surface area contributed by atoms with Crippen molar-refractivity contribution in [2.75, 3.05) is 50.1 Å². The number of alkyl halides is 1. The summed E-state index contributed by atoms with van der Waals surface area (Å²) in [5.41, 5.74) is 0. The quantitative estimate of drug-likeness (QED) is 0.714. The Morgan fingerprint density at radius 1 is 1.33 bits per heavy atom. The average Bonchev–Trinajstić information content (AvgIpc) is 2.27. The Morgan fingerprint density at radius 3 is 2.53 bits per heavy atom.